The van der Waals surface area contributed by atoms with Crippen LogP contribution in [-0.2, 0) is 10.7 Å². The second-order valence-electron chi connectivity index (χ2n) is 4.44. The minimum absolute atomic E-state index is 0.0894. The highest BCUT2D eigenvalue weighted by molar-refractivity contribution is 7.60. The predicted molar refractivity (Wildman–Crippen MR) is 75.7 cm³/mol. The van der Waals surface area contributed by atoms with Crippen molar-refractivity contribution in [3.63, 3.8) is 0 Å². The highest BCUT2D eigenvalue weighted by Crippen LogP contribution is 2.43. The molecular formula is C14H13F3NO2P. The summed E-state index contributed by atoms with van der Waals surface area (Å²) in [4.78, 5) is 0. The Morgan fingerprint density at radius 3 is 2.33 bits per heavy atom. The Morgan fingerprint density at radius 2 is 1.71 bits per heavy atom. The molecule has 112 valence electrons. The van der Waals surface area contributed by atoms with Gasteiger partial charge in [-0.05, 0) is 30.3 Å². The highest BCUT2D eigenvalue weighted by atomic mass is 31.2. The Hall–Kier alpha value is -1.94. The molecule has 0 fully saturated rings. The fraction of sp³-hybridized carbons (Fsp3) is 0.143. The molecule has 21 heavy (non-hydrogen) atoms. The van der Waals surface area contributed by atoms with Crippen molar-refractivity contribution in [1.29, 1.82) is 0 Å². The van der Waals surface area contributed by atoms with E-state index in [0.717, 1.165) is 12.1 Å². The second-order valence-corrected chi connectivity index (χ2v) is 6.54. The average Bonchev–Trinajstić information content (AvgIpc) is 2.38. The first-order chi connectivity index (χ1) is 9.76. The van der Waals surface area contributed by atoms with Crippen molar-refractivity contribution in [3.05, 3.63) is 60.2 Å². The summed E-state index contributed by atoms with van der Waals surface area (Å²) in [5.41, 5.74) is -0.723. The van der Waals surface area contributed by atoms with Gasteiger partial charge in [0.1, 0.15) is 5.75 Å². The summed E-state index contributed by atoms with van der Waals surface area (Å²) in [7, 11) is -3.33. The van der Waals surface area contributed by atoms with Crippen LogP contribution in [0.5, 0.6) is 5.75 Å². The summed E-state index contributed by atoms with van der Waals surface area (Å²) in [5, 5.41) is 2.51. The minimum atomic E-state index is -4.45. The normalized spacial score (nSPS) is 14.3. The smallest absolute Gasteiger partial charge is 0.416 e. The quantitative estimate of drug-likeness (QED) is 0.805. The van der Waals surface area contributed by atoms with Gasteiger partial charge in [-0.25, -0.2) is 0 Å². The van der Waals surface area contributed by atoms with Crippen molar-refractivity contribution in [3.8, 4) is 5.75 Å². The van der Waals surface area contributed by atoms with Gasteiger partial charge >= 0.3 is 13.7 Å². The molecule has 0 aromatic heterocycles. The maximum absolute atomic E-state index is 12.6. The van der Waals surface area contributed by atoms with Gasteiger partial charge in [-0.2, -0.15) is 13.2 Å². The van der Waals surface area contributed by atoms with Gasteiger partial charge in [-0.3, -0.25) is 4.57 Å². The van der Waals surface area contributed by atoms with Gasteiger partial charge in [0, 0.05) is 12.4 Å². The van der Waals surface area contributed by atoms with Gasteiger partial charge in [0.25, 0.3) is 0 Å². The largest absolute Gasteiger partial charge is 0.429 e. The molecule has 0 spiro atoms. The van der Waals surface area contributed by atoms with Crippen LogP contribution in [0.3, 0.4) is 0 Å². The molecule has 0 aliphatic carbocycles. The lowest BCUT2D eigenvalue weighted by Gasteiger charge is -2.18. The molecule has 0 heterocycles. The number of benzene rings is 2. The number of anilines is 1. The summed E-state index contributed by atoms with van der Waals surface area (Å²) in [6, 6.07) is 12.9. The Balaban J connectivity index is 2.15. The third-order valence-electron chi connectivity index (χ3n) is 2.54. The maximum Gasteiger partial charge on any atom is 0.416 e. The Morgan fingerprint density at radius 1 is 1.05 bits per heavy atom. The summed E-state index contributed by atoms with van der Waals surface area (Å²) < 4.78 is 55.5. The molecule has 2 rings (SSSR count). The van der Waals surface area contributed by atoms with Crippen LogP contribution in [0, 0.1) is 0 Å². The molecule has 0 unspecified atom stereocenters. The van der Waals surface area contributed by atoms with Crippen LogP contribution < -0.4 is 9.61 Å². The zero-order chi connectivity index (χ0) is 15.5. The molecule has 0 amide bonds. The fourth-order valence-corrected chi connectivity index (χ4v) is 2.88. The van der Waals surface area contributed by atoms with Gasteiger partial charge in [-0.15, -0.1) is 0 Å². The Bertz CT molecular complexity index is 659. The summed E-state index contributed by atoms with van der Waals surface area (Å²) in [6.07, 6.45) is -4.45. The Kier molecular flexibility index (Phi) is 4.28. The topological polar surface area (TPSA) is 38.3 Å². The average molecular weight is 315 g/mol. The van der Waals surface area contributed by atoms with Gasteiger partial charge in [0.05, 0.1) is 5.56 Å². The molecule has 0 saturated carbocycles. The molecule has 2 aromatic carbocycles. The first-order valence-corrected chi connectivity index (χ1v) is 8.11. The molecule has 0 aliphatic rings. The number of rotatable bonds is 4. The highest BCUT2D eigenvalue weighted by Gasteiger charge is 2.30. The first kappa shape index (κ1) is 15.4. The predicted octanol–water partition coefficient (Wildman–Crippen LogP) is 5.02. The van der Waals surface area contributed by atoms with Crippen molar-refractivity contribution in [2.45, 2.75) is 6.18 Å². The van der Waals surface area contributed by atoms with Crippen LogP contribution >= 0.6 is 7.52 Å². The molecule has 0 bridgehead atoms. The number of hydrogen-bond acceptors (Lipinski definition) is 2. The van der Waals surface area contributed by atoms with Gasteiger partial charge in [0.15, 0.2) is 0 Å². The first-order valence-electron chi connectivity index (χ1n) is 6.04. The third-order valence-corrected chi connectivity index (χ3v) is 3.77. The second kappa shape index (κ2) is 5.82. The van der Waals surface area contributed by atoms with Crippen LogP contribution in [0.4, 0.5) is 18.9 Å². The van der Waals surface area contributed by atoms with E-state index in [-0.39, 0.29) is 5.69 Å². The summed E-state index contributed by atoms with van der Waals surface area (Å²) >= 11 is 0. The van der Waals surface area contributed by atoms with Crippen molar-refractivity contribution in [2.24, 2.45) is 0 Å². The summed E-state index contributed by atoms with van der Waals surface area (Å²) in [5.74, 6) is 0.378. The van der Waals surface area contributed by atoms with Crippen molar-refractivity contribution < 1.29 is 22.3 Å². The number of nitrogens with one attached hydrogen (secondary N) is 1. The maximum atomic E-state index is 12.6. The van der Waals surface area contributed by atoms with Crippen molar-refractivity contribution in [2.75, 3.05) is 11.8 Å². The molecule has 1 atom stereocenters. The van der Waals surface area contributed by atoms with Gasteiger partial charge in [0.2, 0.25) is 0 Å². The molecule has 0 saturated heterocycles. The van der Waals surface area contributed by atoms with E-state index in [2.05, 4.69) is 5.09 Å². The molecule has 0 radical (unpaired) electrons. The van der Waals surface area contributed by atoms with E-state index in [9.17, 15) is 17.7 Å². The number of para-hydroxylation sites is 1. The van der Waals surface area contributed by atoms with E-state index in [1.54, 1.807) is 30.3 Å². The van der Waals surface area contributed by atoms with Crippen LogP contribution in [0.15, 0.2) is 54.6 Å². The number of hydrogen-bond donors (Lipinski definition) is 1. The number of alkyl halides is 3. The Labute approximate surface area is 120 Å². The van der Waals surface area contributed by atoms with E-state index in [1.807, 2.05) is 0 Å². The summed E-state index contributed by atoms with van der Waals surface area (Å²) in [6.45, 7) is 1.31. The van der Waals surface area contributed by atoms with Gasteiger partial charge < -0.3 is 9.61 Å². The lowest BCUT2D eigenvalue weighted by Crippen LogP contribution is -2.07. The molecular weight excluding hydrogens is 302 g/mol. The van der Waals surface area contributed by atoms with Crippen LogP contribution in [0.2, 0.25) is 0 Å². The van der Waals surface area contributed by atoms with Crippen LogP contribution in [0.25, 0.3) is 0 Å². The van der Waals surface area contributed by atoms with Crippen molar-refractivity contribution in [1.82, 2.24) is 0 Å². The van der Waals surface area contributed by atoms with Gasteiger partial charge in [-0.1, -0.05) is 24.3 Å². The SMILES string of the molecule is C[P@](=O)(Nc1cccc(C(F)(F)F)c1)Oc1ccccc1. The van der Waals surface area contributed by atoms with Crippen LogP contribution in [-0.4, -0.2) is 6.66 Å². The zero-order valence-electron chi connectivity index (χ0n) is 11.1. The van der Waals surface area contributed by atoms with E-state index >= 15 is 0 Å². The molecule has 3 nitrogen and oxygen atoms in total. The molecule has 2 aromatic rings. The van der Waals surface area contributed by atoms with Crippen molar-refractivity contribution >= 4 is 13.2 Å². The molecule has 7 heteroatoms. The van der Waals surface area contributed by atoms with E-state index in [4.69, 9.17) is 4.52 Å². The lowest BCUT2D eigenvalue weighted by molar-refractivity contribution is -0.137. The third kappa shape index (κ3) is 4.53. The van der Waals surface area contributed by atoms with E-state index in [1.165, 1.54) is 18.8 Å². The zero-order valence-corrected chi connectivity index (χ0v) is 12.0. The number of halogens is 3. The van der Waals surface area contributed by atoms with Crippen LogP contribution in [0.1, 0.15) is 5.56 Å². The fourth-order valence-electron chi connectivity index (χ4n) is 1.70. The minimum Gasteiger partial charge on any atom is -0.429 e. The molecule has 1 N–H and O–H groups in total. The monoisotopic (exact) mass is 315 g/mol. The van der Waals surface area contributed by atoms with E-state index in [0.29, 0.717) is 5.75 Å². The lowest BCUT2D eigenvalue weighted by atomic mass is 10.2. The molecule has 0 aliphatic heterocycles. The van der Waals surface area contributed by atoms with E-state index < -0.39 is 19.3 Å². The standard InChI is InChI=1S/C14H13F3NO2P/c1-21(19,20-13-8-3-2-4-9-13)18-12-7-5-6-11(10-12)14(15,16)17/h2-10H,1H3,(H,18,19)/t21-/m1/s1.